The zero-order valence-electron chi connectivity index (χ0n) is 12.5. The van der Waals surface area contributed by atoms with E-state index in [1.54, 1.807) is 0 Å². The van der Waals surface area contributed by atoms with Gasteiger partial charge in [0, 0.05) is 6.54 Å². The van der Waals surface area contributed by atoms with Crippen molar-refractivity contribution >= 4 is 0 Å². The monoisotopic (exact) mass is 261 g/mol. The van der Waals surface area contributed by atoms with Crippen molar-refractivity contribution in [3.63, 3.8) is 0 Å². The first-order valence-corrected chi connectivity index (χ1v) is 7.55. The maximum absolute atomic E-state index is 6.43. The van der Waals surface area contributed by atoms with E-state index in [2.05, 4.69) is 43.4 Å². The van der Waals surface area contributed by atoms with Crippen LogP contribution in [-0.2, 0) is 10.3 Å². The molecule has 0 bridgehead atoms. The minimum Gasteiger partial charge on any atom is -0.369 e. The Morgan fingerprint density at radius 1 is 1.32 bits per heavy atom. The molecule has 1 saturated carbocycles. The SMILES string of the molecule is CNCCO[C@@]1(c2ccccc2C)CCCC[C@H]1C. The second-order valence-corrected chi connectivity index (χ2v) is 5.80. The third-order valence-electron chi connectivity index (χ3n) is 4.54. The van der Waals surface area contributed by atoms with Gasteiger partial charge in [-0.3, -0.25) is 0 Å². The zero-order chi connectivity index (χ0) is 13.7. The predicted molar refractivity (Wildman–Crippen MR) is 80.4 cm³/mol. The molecule has 1 fully saturated rings. The Kier molecular flexibility index (Phi) is 5.00. The molecule has 0 aliphatic heterocycles. The second-order valence-electron chi connectivity index (χ2n) is 5.80. The van der Waals surface area contributed by atoms with E-state index >= 15 is 0 Å². The average molecular weight is 261 g/mol. The Bertz CT molecular complexity index is 404. The molecule has 1 aliphatic carbocycles. The van der Waals surface area contributed by atoms with E-state index in [-0.39, 0.29) is 5.60 Å². The smallest absolute Gasteiger partial charge is 0.0959 e. The summed E-state index contributed by atoms with van der Waals surface area (Å²) >= 11 is 0. The summed E-state index contributed by atoms with van der Waals surface area (Å²) < 4.78 is 6.43. The number of nitrogens with one attached hydrogen (secondary N) is 1. The van der Waals surface area contributed by atoms with Gasteiger partial charge >= 0.3 is 0 Å². The first-order valence-electron chi connectivity index (χ1n) is 7.55. The van der Waals surface area contributed by atoms with Crippen LogP contribution in [0.5, 0.6) is 0 Å². The van der Waals surface area contributed by atoms with Gasteiger partial charge in [0.2, 0.25) is 0 Å². The molecule has 1 aromatic carbocycles. The number of likely N-dealkylation sites (N-methyl/N-ethyl adjacent to an activating group) is 1. The van der Waals surface area contributed by atoms with Crippen molar-refractivity contribution in [3.8, 4) is 0 Å². The number of aryl methyl sites for hydroxylation is 1. The summed E-state index contributed by atoms with van der Waals surface area (Å²) in [7, 11) is 1.98. The Morgan fingerprint density at radius 2 is 2.11 bits per heavy atom. The normalized spacial score (nSPS) is 27.4. The van der Waals surface area contributed by atoms with Crippen molar-refractivity contribution in [3.05, 3.63) is 35.4 Å². The molecular weight excluding hydrogens is 234 g/mol. The van der Waals surface area contributed by atoms with E-state index in [9.17, 15) is 0 Å². The van der Waals surface area contributed by atoms with Gasteiger partial charge in [0.25, 0.3) is 0 Å². The summed E-state index contributed by atoms with van der Waals surface area (Å²) in [6.45, 7) is 6.26. The Hall–Kier alpha value is -0.860. The molecule has 106 valence electrons. The van der Waals surface area contributed by atoms with Gasteiger partial charge in [-0.2, -0.15) is 0 Å². The highest BCUT2D eigenvalue weighted by Crippen LogP contribution is 2.45. The maximum Gasteiger partial charge on any atom is 0.0959 e. The van der Waals surface area contributed by atoms with Gasteiger partial charge in [0.05, 0.1) is 12.2 Å². The minimum absolute atomic E-state index is 0.0690. The van der Waals surface area contributed by atoms with Crippen LogP contribution in [0.1, 0.15) is 43.7 Å². The standard InChI is InChI=1S/C17H27NO/c1-14-8-4-5-10-16(14)17(19-13-12-18-3)11-7-6-9-15(17)2/h4-5,8,10,15,18H,6-7,9,11-13H2,1-3H3/t15-,17+/m1/s1. The summed E-state index contributed by atoms with van der Waals surface area (Å²) in [5.74, 6) is 0.596. The fraction of sp³-hybridized carbons (Fsp3) is 0.647. The van der Waals surface area contributed by atoms with Gasteiger partial charge in [-0.05, 0) is 43.9 Å². The van der Waals surface area contributed by atoms with Gasteiger partial charge in [-0.1, -0.05) is 44.0 Å². The summed E-state index contributed by atoms with van der Waals surface area (Å²) in [4.78, 5) is 0. The summed E-state index contributed by atoms with van der Waals surface area (Å²) in [5, 5.41) is 3.18. The first-order chi connectivity index (χ1) is 9.20. The van der Waals surface area contributed by atoms with Crippen LogP contribution < -0.4 is 5.32 Å². The lowest BCUT2D eigenvalue weighted by atomic mass is 9.71. The first kappa shape index (κ1) is 14.5. The number of hydrogen-bond acceptors (Lipinski definition) is 2. The van der Waals surface area contributed by atoms with E-state index in [1.807, 2.05) is 7.05 Å². The lowest BCUT2D eigenvalue weighted by Crippen LogP contribution is -2.41. The molecule has 1 aromatic rings. The lowest BCUT2D eigenvalue weighted by molar-refractivity contribution is -0.109. The molecular formula is C17H27NO. The van der Waals surface area contributed by atoms with Crippen LogP contribution in [0.4, 0.5) is 0 Å². The highest BCUT2D eigenvalue weighted by Gasteiger charge is 2.41. The van der Waals surface area contributed by atoms with Crippen LogP contribution in [-0.4, -0.2) is 20.2 Å². The summed E-state index contributed by atoms with van der Waals surface area (Å²) in [6.07, 6.45) is 5.04. The Balaban J connectivity index is 2.30. The third kappa shape index (κ3) is 3.01. The minimum atomic E-state index is -0.0690. The van der Waals surface area contributed by atoms with Gasteiger partial charge in [-0.25, -0.2) is 0 Å². The van der Waals surface area contributed by atoms with Gasteiger partial charge < -0.3 is 10.1 Å². The number of benzene rings is 1. The Labute approximate surface area is 117 Å². The van der Waals surface area contributed by atoms with E-state index in [0.29, 0.717) is 5.92 Å². The highest BCUT2D eigenvalue weighted by atomic mass is 16.5. The molecule has 19 heavy (non-hydrogen) atoms. The van der Waals surface area contributed by atoms with E-state index in [4.69, 9.17) is 4.74 Å². The molecule has 1 aliphatic rings. The molecule has 2 heteroatoms. The molecule has 2 atom stereocenters. The molecule has 0 spiro atoms. The van der Waals surface area contributed by atoms with Crippen LogP contribution in [0, 0.1) is 12.8 Å². The third-order valence-corrected chi connectivity index (χ3v) is 4.54. The van der Waals surface area contributed by atoms with Crippen molar-refractivity contribution in [1.82, 2.24) is 5.32 Å². The van der Waals surface area contributed by atoms with Crippen LogP contribution in [0.25, 0.3) is 0 Å². The number of hydrogen-bond donors (Lipinski definition) is 1. The van der Waals surface area contributed by atoms with Gasteiger partial charge in [0.1, 0.15) is 0 Å². The largest absolute Gasteiger partial charge is 0.369 e. The number of rotatable bonds is 5. The molecule has 0 heterocycles. The van der Waals surface area contributed by atoms with Gasteiger partial charge in [-0.15, -0.1) is 0 Å². The van der Waals surface area contributed by atoms with Crippen LogP contribution >= 0.6 is 0 Å². The molecule has 0 unspecified atom stereocenters. The van der Waals surface area contributed by atoms with Crippen LogP contribution in [0.2, 0.25) is 0 Å². The second kappa shape index (κ2) is 6.53. The Morgan fingerprint density at radius 3 is 2.79 bits per heavy atom. The van der Waals surface area contributed by atoms with Crippen molar-refractivity contribution < 1.29 is 4.74 Å². The fourth-order valence-corrected chi connectivity index (χ4v) is 3.39. The maximum atomic E-state index is 6.43. The predicted octanol–water partition coefficient (Wildman–Crippen LogP) is 3.64. The summed E-state index contributed by atoms with van der Waals surface area (Å²) in [5.41, 5.74) is 2.69. The molecule has 2 nitrogen and oxygen atoms in total. The van der Waals surface area contributed by atoms with Crippen molar-refractivity contribution in [2.75, 3.05) is 20.2 Å². The molecule has 0 aromatic heterocycles. The molecule has 0 radical (unpaired) electrons. The van der Waals surface area contributed by atoms with Crippen molar-refractivity contribution in [2.24, 2.45) is 5.92 Å². The molecule has 0 saturated heterocycles. The van der Waals surface area contributed by atoms with E-state index in [1.165, 1.54) is 30.4 Å². The van der Waals surface area contributed by atoms with Crippen molar-refractivity contribution in [1.29, 1.82) is 0 Å². The molecule has 1 N–H and O–H groups in total. The lowest BCUT2D eigenvalue weighted by Gasteiger charge is -2.44. The fourth-order valence-electron chi connectivity index (χ4n) is 3.39. The quantitative estimate of drug-likeness (QED) is 0.817. The zero-order valence-corrected chi connectivity index (χ0v) is 12.5. The van der Waals surface area contributed by atoms with Crippen LogP contribution in [0.15, 0.2) is 24.3 Å². The van der Waals surface area contributed by atoms with E-state index in [0.717, 1.165) is 19.6 Å². The van der Waals surface area contributed by atoms with Crippen LogP contribution in [0.3, 0.4) is 0 Å². The highest BCUT2D eigenvalue weighted by molar-refractivity contribution is 5.32. The van der Waals surface area contributed by atoms with Gasteiger partial charge in [0.15, 0.2) is 0 Å². The van der Waals surface area contributed by atoms with Crippen molar-refractivity contribution in [2.45, 2.75) is 45.1 Å². The number of ether oxygens (including phenoxy) is 1. The molecule has 2 rings (SSSR count). The topological polar surface area (TPSA) is 21.3 Å². The summed E-state index contributed by atoms with van der Waals surface area (Å²) in [6, 6.07) is 8.73. The van der Waals surface area contributed by atoms with E-state index < -0.39 is 0 Å². The molecule has 0 amide bonds. The average Bonchev–Trinajstić information content (AvgIpc) is 2.42.